The van der Waals surface area contributed by atoms with E-state index in [0.29, 0.717) is 41.9 Å². The van der Waals surface area contributed by atoms with Crippen LogP contribution in [0.15, 0.2) is 18.2 Å². The Labute approximate surface area is 133 Å². The largest absolute Gasteiger partial charge is 0.490 e. The van der Waals surface area contributed by atoms with Gasteiger partial charge in [-0.3, -0.25) is 4.79 Å². The molecule has 116 valence electrons. The summed E-state index contributed by atoms with van der Waals surface area (Å²) in [4.78, 5) is 10.9. The van der Waals surface area contributed by atoms with E-state index < -0.39 is 5.97 Å². The lowest BCUT2D eigenvalue weighted by Gasteiger charge is -2.26. The molecule has 0 bridgehead atoms. The fraction of sp³-hybridized carbons (Fsp3) is 0.533. The number of halogens is 2. The molecular weight excluding hydrogens is 315 g/mol. The smallest absolute Gasteiger partial charge is 0.306 e. The van der Waals surface area contributed by atoms with E-state index in [2.05, 4.69) is 0 Å². The molecule has 0 unspecified atom stereocenters. The third-order valence-corrected chi connectivity index (χ3v) is 4.14. The maximum Gasteiger partial charge on any atom is 0.306 e. The van der Waals surface area contributed by atoms with E-state index >= 15 is 0 Å². The molecule has 0 radical (unpaired) electrons. The van der Waals surface area contributed by atoms with E-state index in [1.165, 1.54) is 0 Å². The number of ether oxygens (including phenoxy) is 2. The van der Waals surface area contributed by atoms with Crippen molar-refractivity contribution in [3.05, 3.63) is 28.2 Å². The fourth-order valence-corrected chi connectivity index (χ4v) is 2.90. The highest BCUT2D eigenvalue weighted by Crippen LogP contribution is 2.28. The Hall–Kier alpha value is -0.970. The van der Waals surface area contributed by atoms with Gasteiger partial charge in [0.1, 0.15) is 12.4 Å². The first-order valence-corrected chi connectivity index (χ1v) is 7.74. The van der Waals surface area contributed by atoms with Crippen molar-refractivity contribution >= 4 is 29.2 Å². The number of hydrogen-bond donors (Lipinski definition) is 1. The van der Waals surface area contributed by atoms with Crippen LogP contribution in [0.5, 0.6) is 5.75 Å². The van der Waals surface area contributed by atoms with Gasteiger partial charge in [0.2, 0.25) is 0 Å². The number of aliphatic carboxylic acids is 1. The molecule has 1 aliphatic carbocycles. The van der Waals surface area contributed by atoms with Gasteiger partial charge in [-0.1, -0.05) is 23.2 Å². The van der Waals surface area contributed by atoms with E-state index in [0.717, 1.165) is 12.8 Å². The second kappa shape index (κ2) is 7.87. The summed E-state index contributed by atoms with van der Waals surface area (Å²) in [5.74, 6) is -0.331. The molecule has 1 saturated carbocycles. The summed E-state index contributed by atoms with van der Waals surface area (Å²) < 4.78 is 11.2. The molecule has 21 heavy (non-hydrogen) atoms. The zero-order chi connectivity index (χ0) is 15.2. The van der Waals surface area contributed by atoms with Gasteiger partial charge < -0.3 is 14.6 Å². The average Bonchev–Trinajstić information content (AvgIpc) is 2.46. The molecule has 4 nitrogen and oxygen atoms in total. The fourth-order valence-electron chi connectivity index (χ4n) is 2.44. The van der Waals surface area contributed by atoms with Gasteiger partial charge in [-0.25, -0.2) is 0 Å². The maximum atomic E-state index is 10.9. The van der Waals surface area contributed by atoms with Gasteiger partial charge in [-0.2, -0.15) is 0 Å². The summed E-state index contributed by atoms with van der Waals surface area (Å²) in [6, 6.07) is 5.08. The van der Waals surface area contributed by atoms with Crippen molar-refractivity contribution in [1.29, 1.82) is 0 Å². The molecule has 0 spiro atoms. The quantitative estimate of drug-likeness (QED) is 0.799. The summed E-state index contributed by atoms with van der Waals surface area (Å²) in [7, 11) is 0. The zero-order valence-corrected chi connectivity index (χ0v) is 13.1. The topological polar surface area (TPSA) is 55.8 Å². The first-order chi connectivity index (χ1) is 10.1. The molecule has 0 saturated heterocycles. The van der Waals surface area contributed by atoms with Crippen LogP contribution in [0.2, 0.25) is 10.0 Å². The van der Waals surface area contributed by atoms with Crippen LogP contribution in [0.1, 0.15) is 25.7 Å². The van der Waals surface area contributed by atoms with Crippen molar-refractivity contribution in [2.75, 3.05) is 13.2 Å². The van der Waals surface area contributed by atoms with Crippen LogP contribution in [0.4, 0.5) is 0 Å². The molecule has 0 aliphatic heterocycles. The highest BCUT2D eigenvalue weighted by Gasteiger charge is 2.26. The minimum Gasteiger partial charge on any atom is -0.490 e. The molecule has 0 aromatic heterocycles. The molecule has 1 aromatic rings. The van der Waals surface area contributed by atoms with Crippen molar-refractivity contribution < 1.29 is 19.4 Å². The lowest BCUT2D eigenvalue weighted by atomic mass is 9.87. The SMILES string of the molecule is O=C(O)C1CCC(OCCOc2ccc(Cl)cc2Cl)CC1. The second-order valence-corrected chi connectivity index (χ2v) is 5.95. The Morgan fingerprint density at radius 1 is 1.19 bits per heavy atom. The molecule has 1 aliphatic rings. The van der Waals surface area contributed by atoms with Gasteiger partial charge in [-0.15, -0.1) is 0 Å². The van der Waals surface area contributed by atoms with Gasteiger partial charge in [0.25, 0.3) is 0 Å². The number of rotatable bonds is 6. The average molecular weight is 333 g/mol. The normalized spacial score (nSPS) is 22.0. The summed E-state index contributed by atoms with van der Waals surface area (Å²) in [5.41, 5.74) is 0. The van der Waals surface area contributed by atoms with Crippen LogP contribution in [0, 0.1) is 5.92 Å². The Kier molecular flexibility index (Phi) is 6.15. The number of hydrogen-bond acceptors (Lipinski definition) is 3. The lowest BCUT2D eigenvalue weighted by molar-refractivity contribution is -0.143. The molecule has 0 amide bonds. The van der Waals surface area contributed by atoms with E-state index in [1.807, 2.05) is 0 Å². The second-order valence-electron chi connectivity index (χ2n) is 5.11. The van der Waals surface area contributed by atoms with E-state index in [4.69, 9.17) is 37.8 Å². The molecule has 0 heterocycles. The van der Waals surface area contributed by atoms with Crippen LogP contribution in [-0.4, -0.2) is 30.4 Å². The van der Waals surface area contributed by atoms with Crippen LogP contribution in [0.3, 0.4) is 0 Å². The molecule has 0 atom stereocenters. The molecule has 2 rings (SSSR count). The predicted molar refractivity (Wildman–Crippen MR) is 81.3 cm³/mol. The molecule has 1 aromatic carbocycles. The van der Waals surface area contributed by atoms with E-state index in [9.17, 15) is 4.79 Å². The molecule has 6 heteroatoms. The zero-order valence-electron chi connectivity index (χ0n) is 11.6. The lowest BCUT2D eigenvalue weighted by Crippen LogP contribution is -2.27. The first kappa shape index (κ1) is 16.4. The number of carboxylic acid groups (broad SMARTS) is 1. The van der Waals surface area contributed by atoms with Crippen molar-refractivity contribution in [2.45, 2.75) is 31.8 Å². The summed E-state index contributed by atoms with van der Waals surface area (Å²) >= 11 is 11.8. The van der Waals surface area contributed by atoms with Gasteiger partial charge in [-0.05, 0) is 43.9 Å². The Balaban J connectivity index is 1.65. The van der Waals surface area contributed by atoms with Crippen molar-refractivity contribution in [3.8, 4) is 5.75 Å². The number of carbonyl (C=O) groups is 1. The summed E-state index contributed by atoms with van der Waals surface area (Å²) in [6.45, 7) is 0.863. The third kappa shape index (κ3) is 5.06. The minimum absolute atomic E-state index is 0.130. The molecule has 1 N–H and O–H groups in total. The summed E-state index contributed by atoms with van der Waals surface area (Å²) in [5, 5.41) is 9.97. The van der Waals surface area contributed by atoms with Crippen LogP contribution in [-0.2, 0) is 9.53 Å². The Morgan fingerprint density at radius 2 is 1.90 bits per heavy atom. The minimum atomic E-state index is -0.700. The number of benzene rings is 1. The van der Waals surface area contributed by atoms with Gasteiger partial charge >= 0.3 is 5.97 Å². The van der Waals surface area contributed by atoms with Gasteiger partial charge in [0.15, 0.2) is 0 Å². The van der Waals surface area contributed by atoms with Crippen molar-refractivity contribution in [3.63, 3.8) is 0 Å². The highest BCUT2D eigenvalue weighted by atomic mass is 35.5. The van der Waals surface area contributed by atoms with Crippen LogP contribution >= 0.6 is 23.2 Å². The van der Waals surface area contributed by atoms with Gasteiger partial charge in [0, 0.05) is 5.02 Å². The molecule has 1 fully saturated rings. The number of carboxylic acids is 1. The Morgan fingerprint density at radius 3 is 2.52 bits per heavy atom. The van der Waals surface area contributed by atoms with Crippen LogP contribution in [0.25, 0.3) is 0 Å². The highest BCUT2D eigenvalue weighted by molar-refractivity contribution is 6.35. The van der Waals surface area contributed by atoms with E-state index in [1.54, 1.807) is 18.2 Å². The van der Waals surface area contributed by atoms with Crippen molar-refractivity contribution in [1.82, 2.24) is 0 Å². The predicted octanol–water partition coefficient (Wildman–Crippen LogP) is 4.03. The molecular formula is C15H18Cl2O4. The third-order valence-electron chi connectivity index (χ3n) is 3.61. The standard InChI is InChI=1S/C15H18Cl2O4/c16-11-3-6-14(13(17)9-11)21-8-7-20-12-4-1-10(2-5-12)15(18)19/h3,6,9-10,12H,1-2,4-5,7-8H2,(H,18,19). The Bertz CT molecular complexity index is 485. The monoisotopic (exact) mass is 332 g/mol. The first-order valence-electron chi connectivity index (χ1n) is 6.98. The van der Waals surface area contributed by atoms with Gasteiger partial charge in [0.05, 0.1) is 23.7 Å². The maximum absolute atomic E-state index is 10.9. The summed E-state index contributed by atoms with van der Waals surface area (Å²) in [6.07, 6.45) is 3.08. The van der Waals surface area contributed by atoms with Crippen molar-refractivity contribution in [2.24, 2.45) is 5.92 Å². The van der Waals surface area contributed by atoms with E-state index in [-0.39, 0.29) is 12.0 Å². The van der Waals surface area contributed by atoms with Crippen LogP contribution < -0.4 is 4.74 Å².